The van der Waals surface area contributed by atoms with Crippen LogP contribution >= 0.6 is 0 Å². The zero-order valence-corrected chi connectivity index (χ0v) is 15.7. The number of alkyl halides is 3. The third-order valence-corrected chi connectivity index (χ3v) is 3.71. The molecule has 156 valence electrons. The summed E-state index contributed by atoms with van der Waals surface area (Å²) in [6.45, 7) is -1.57. The summed E-state index contributed by atoms with van der Waals surface area (Å²) in [5, 5.41) is 7.27. The van der Waals surface area contributed by atoms with Gasteiger partial charge in [-0.3, -0.25) is 9.59 Å². The second-order valence-electron chi connectivity index (χ2n) is 5.85. The molecule has 2 rings (SSSR count). The lowest BCUT2D eigenvalue weighted by molar-refractivity contribution is -0.123. The van der Waals surface area contributed by atoms with E-state index in [0.29, 0.717) is 22.9 Å². The molecule has 0 saturated carbocycles. The van der Waals surface area contributed by atoms with Crippen molar-refractivity contribution < 1.29 is 32.2 Å². The molecule has 0 aliphatic heterocycles. The summed E-state index contributed by atoms with van der Waals surface area (Å²) in [4.78, 5) is 24.0. The van der Waals surface area contributed by atoms with Gasteiger partial charge in [-0.1, -0.05) is 6.07 Å². The number of methoxy groups -OCH3 is 2. The van der Waals surface area contributed by atoms with Gasteiger partial charge in [0.1, 0.15) is 18.0 Å². The monoisotopic (exact) mass is 411 g/mol. The fraction of sp³-hybridized carbons (Fsp3) is 0.263. The van der Waals surface area contributed by atoms with Crippen molar-refractivity contribution in [1.29, 1.82) is 0 Å². The molecular weight excluding hydrogens is 391 g/mol. The topological polar surface area (TPSA) is 88.7 Å². The van der Waals surface area contributed by atoms with Gasteiger partial charge in [-0.25, -0.2) is 0 Å². The first-order chi connectivity index (χ1) is 13.7. The lowest BCUT2D eigenvalue weighted by Gasteiger charge is -2.13. The van der Waals surface area contributed by atoms with Crippen molar-refractivity contribution in [2.45, 2.75) is 6.18 Å². The van der Waals surface area contributed by atoms with Gasteiger partial charge in [0.15, 0.2) is 0 Å². The van der Waals surface area contributed by atoms with E-state index in [-0.39, 0.29) is 12.1 Å². The average Bonchev–Trinajstić information content (AvgIpc) is 2.70. The van der Waals surface area contributed by atoms with Gasteiger partial charge in [-0.2, -0.15) is 13.2 Å². The molecule has 0 radical (unpaired) electrons. The Morgan fingerprint density at radius 3 is 2.45 bits per heavy atom. The fourth-order valence-electron chi connectivity index (χ4n) is 2.34. The molecule has 2 aromatic carbocycles. The molecule has 0 heterocycles. The van der Waals surface area contributed by atoms with E-state index in [2.05, 4.69) is 10.6 Å². The molecule has 29 heavy (non-hydrogen) atoms. The van der Waals surface area contributed by atoms with E-state index < -0.39 is 24.5 Å². The van der Waals surface area contributed by atoms with E-state index in [0.717, 1.165) is 0 Å². The average molecular weight is 411 g/mol. The van der Waals surface area contributed by atoms with Crippen LogP contribution in [0.15, 0.2) is 42.5 Å². The van der Waals surface area contributed by atoms with Gasteiger partial charge in [0.2, 0.25) is 5.91 Å². The van der Waals surface area contributed by atoms with Crippen molar-refractivity contribution in [3.63, 3.8) is 0 Å². The Balaban J connectivity index is 1.96. The largest absolute Gasteiger partial charge is 0.497 e. The number of benzene rings is 2. The minimum atomic E-state index is -4.50. The van der Waals surface area contributed by atoms with E-state index in [1.807, 2.05) is 0 Å². The highest BCUT2D eigenvalue weighted by Crippen LogP contribution is 2.28. The second-order valence-corrected chi connectivity index (χ2v) is 5.85. The molecule has 0 aliphatic rings. The van der Waals surface area contributed by atoms with Crippen LogP contribution in [0.5, 0.6) is 11.5 Å². The van der Waals surface area contributed by atoms with Crippen LogP contribution in [-0.4, -0.2) is 45.3 Å². The maximum atomic E-state index is 12.2. The maximum absolute atomic E-state index is 12.2. The van der Waals surface area contributed by atoms with Crippen LogP contribution < -0.4 is 25.4 Å². The molecule has 2 aromatic rings. The Labute approximate surface area is 165 Å². The predicted octanol–water partition coefficient (Wildman–Crippen LogP) is 3.05. The van der Waals surface area contributed by atoms with Gasteiger partial charge in [-0.15, -0.1) is 0 Å². The van der Waals surface area contributed by atoms with Crippen LogP contribution in [0.4, 0.5) is 24.5 Å². The quantitative estimate of drug-likeness (QED) is 0.622. The third-order valence-electron chi connectivity index (χ3n) is 3.71. The van der Waals surface area contributed by atoms with Crippen LogP contribution in [0, 0.1) is 0 Å². The molecule has 7 nitrogen and oxygen atoms in total. The Hall–Kier alpha value is -3.43. The Morgan fingerprint density at radius 2 is 1.79 bits per heavy atom. The molecule has 3 N–H and O–H groups in total. The van der Waals surface area contributed by atoms with Crippen LogP contribution in [-0.2, 0) is 4.79 Å². The summed E-state index contributed by atoms with van der Waals surface area (Å²) in [6, 6.07) is 10.7. The summed E-state index contributed by atoms with van der Waals surface area (Å²) in [5.41, 5.74) is 0.852. The van der Waals surface area contributed by atoms with Crippen LogP contribution in [0.3, 0.4) is 0 Å². The Morgan fingerprint density at radius 1 is 1.03 bits per heavy atom. The molecule has 10 heteroatoms. The zero-order valence-electron chi connectivity index (χ0n) is 15.7. The van der Waals surface area contributed by atoms with Crippen molar-refractivity contribution in [3.05, 3.63) is 48.0 Å². The summed E-state index contributed by atoms with van der Waals surface area (Å²) in [6.07, 6.45) is -4.50. The second kappa shape index (κ2) is 9.67. The highest BCUT2D eigenvalue weighted by molar-refractivity contribution is 5.96. The molecule has 2 amide bonds. The van der Waals surface area contributed by atoms with Crippen LogP contribution in [0.1, 0.15) is 10.4 Å². The molecule has 0 atom stereocenters. The van der Waals surface area contributed by atoms with Crippen molar-refractivity contribution in [2.24, 2.45) is 0 Å². The van der Waals surface area contributed by atoms with E-state index in [1.165, 1.54) is 32.4 Å². The molecule has 0 fully saturated rings. The normalized spacial score (nSPS) is 10.8. The number of ether oxygens (including phenoxy) is 2. The molecule has 0 aromatic heterocycles. The first-order valence-corrected chi connectivity index (χ1v) is 8.42. The Bertz CT molecular complexity index is 872. The first-order valence-electron chi connectivity index (χ1n) is 8.42. The van der Waals surface area contributed by atoms with Crippen molar-refractivity contribution in [2.75, 3.05) is 37.9 Å². The van der Waals surface area contributed by atoms with Crippen molar-refractivity contribution >= 4 is 23.2 Å². The van der Waals surface area contributed by atoms with Gasteiger partial charge in [0.05, 0.1) is 26.5 Å². The van der Waals surface area contributed by atoms with Crippen molar-refractivity contribution in [3.8, 4) is 11.5 Å². The lowest BCUT2D eigenvalue weighted by Crippen LogP contribution is -2.33. The summed E-state index contributed by atoms with van der Waals surface area (Å²) < 4.78 is 46.9. The Kier molecular flexibility index (Phi) is 7.29. The van der Waals surface area contributed by atoms with Gasteiger partial charge in [0.25, 0.3) is 5.91 Å². The summed E-state index contributed by atoms with van der Waals surface area (Å²) >= 11 is 0. The van der Waals surface area contributed by atoms with E-state index >= 15 is 0 Å². The number of halogens is 3. The van der Waals surface area contributed by atoms with Gasteiger partial charge < -0.3 is 25.4 Å². The van der Waals surface area contributed by atoms with Crippen molar-refractivity contribution in [1.82, 2.24) is 5.32 Å². The number of hydrogen-bond donors (Lipinski definition) is 3. The fourth-order valence-corrected chi connectivity index (χ4v) is 2.34. The van der Waals surface area contributed by atoms with Gasteiger partial charge in [-0.05, 0) is 30.3 Å². The maximum Gasteiger partial charge on any atom is 0.405 e. The summed E-state index contributed by atoms with van der Waals surface area (Å²) in [7, 11) is 2.96. The number of nitrogens with one attached hydrogen (secondary N) is 3. The third kappa shape index (κ3) is 6.91. The van der Waals surface area contributed by atoms with Crippen LogP contribution in [0.25, 0.3) is 0 Å². The molecule has 0 aliphatic carbocycles. The minimum absolute atomic E-state index is 0.0362. The number of carbonyl (C=O) groups excluding carboxylic acids is 2. The SMILES string of the molecule is COc1ccc(OC)c(NC(=O)CNc2cccc(C(=O)NCC(F)(F)F)c2)c1. The van der Waals surface area contributed by atoms with Gasteiger partial charge >= 0.3 is 6.18 Å². The molecule has 0 spiro atoms. The zero-order chi connectivity index (χ0) is 21.4. The standard InChI is InChI=1S/C19H20F3N3O4/c1-28-14-6-7-16(29-2)15(9-14)25-17(26)10-23-13-5-3-4-12(8-13)18(27)24-11-19(20,21)22/h3-9,23H,10-11H2,1-2H3,(H,24,27)(H,25,26). The first kappa shape index (κ1) is 21.9. The molecular formula is C19H20F3N3O4. The molecule has 0 saturated heterocycles. The molecule has 0 unspecified atom stereocenters. The minimum Gasteiger partial charge on any atom is -0.497 e. The number of rotatable bonds is 8. The summed E-state index contributed by atoms with van der Waals surface area (Å²) in [5.74, 6) is -0.283. The molecule has 0 bridgehead atoms. The van der Waals surface area contributed by atoms with E-state index in [4.69, 9.17) is 9.47 Å². The number of amides is 2. The van der Waals surface area contributed by atoms with E-state index in [1.54, 1.807) is 29.6 Å². The highest BCUT2D eigenvalue weighted by atomic mass is 19.4. The number of carbonyl (C=O) groups is 2. The predicted molar refractivity (Wildman–Crippen MR) is 101 cm³/mol. The smallest absolute Gasteiger partial charge is 0.405 e. The number of hydrogen-bond acceptors (Lipinski definition) is 5. The lowest BCUT2D eigenvalue weighted by atomic mass is 10.2. The number of anilines is 2. The van der Waals surface area contributed by atoms with Gasteiger partial charge in [0, 0.05) is 17.3 Å². The van der Waals surface area contributed by atoms with Crippen LogP contribution in [0.2, 0.25) is 0 Å². The van der Waals surface area contributed by atoms with E-state index in [9.17, 15) is 22.8 Å². The highest BCUT2D eigenvalue weighted by Gasteiger charge is 2.27.